The molecule has 1 atom stereocenters. The molecule has 0 unspecified atom stereocenters. The summed E-state index contributed by atoms with van der Waals surface area (Å²) >= 11 is 0. The lowest BCUT2D eigenvalue weighted by molar-refractivity contribution is -0.125. The van der Waals surface area contributed by atoms with E-state index in [9.17, 15) is 14.4 Å². The lowest BCUT2D eigenvalue weighted by Gasteiger charge is -2.13. The van der Waals surface area contributed by atoms with Crippen LogP contribution in [0.2, 0.25) is 0 Å². The Kier molecular flexibility index (Phi) is 4.58. The van der Waals surface area contributed by atoms with Crippen molar-refractivity contribution >= 4 is 23.4 Å². The molecular weight excluding hydrogens is 366 g/mol. The van der Waals surface area contributed by atoms with Crippen LogP contribution in [0, 0.1) is 0 Å². The summed E-state index contributed by atoms with van der Waals surface area (Å²) in [6.45, 7) is -0.0188. The highest BCUT2D eigenvalue weighted by atomic mass is 16.5. The zero-order chi connectivity index (χ0) is 19.5. The van der Waals surface area contributed by atoms with Crippen LogP contribution in [0.1, 0.15) is 22.7 Å². The maximum Gasteiger partial charge on any atom is 0.254 e. The van der Waals surface area contributed by atoms with Gasteiger partial charge in [0.15, 0.2) is 5.76 Å². The van der Waals surface area contributed by atoms with Gasteiger partial charge in [0.05, 0.1) is 30.5 Å². The minimum atomic E-state index is -0.999. The van der Waals surface area contributed by atoms with Crippen LogP contribution in [-0.4, -0.2) is 33.9 Å². The molecule has 28 heavy (non-hydrogen) atoms. The Labute approximate surface area is 158 Å². The fraction of sp³-hybridized carbons (Fsp3) is 0.167. The van der Waals surface area contributed by atoms with E-state index in [1.165, 1.54) is 6.26 Å². The predicted molar refractivity (Wildman–Crippen MR) is 94.8 cm³/mol. The van der Waals surface area contributed by atoms with Crippen molar-refractivity contribution in [2.75, 3.05) is 5.32 Å². The zero-order valence-corrected chi connectivity index (χ0v) is 14.5. The van der Waals surface area contributed by atoms with Gasteiger partial charge in [-0.2, -0.15) is 4.98 Å². The van der Waals surface area contributed by atoms with Crippen LogP contribution >= 0.6 is 0 Å². The first kappa shape index (κ1) is 17.5. The summed E-state index contributed by atoms with van der Waals surface area (Å²) < 4.78 is 10.2. The Bertz CT molecular complexity index is 1030. The van der Waals surface area contributed by atoms with Gasteiger partial charge in [-0.05, 0) is 24.3 Å². The van der Waals surface area contributed by atoms with Gasteiger partial charge in [-0.1, -0.05) is 17.3 Å². The van der Waals surface area contributed by atoms with E-state index in [4.69, 9.17) is 8.94 Å². The van der Waals surface area contributed by atoms with Crippen molar-refractivity contribution in [2.24, 2.45) is 0 Å². The molecule has 0 fully saturated rings. The number of rotatable bonds is 5. The normalized spacial score (nSPS) is 15.9. The lowest BCUT2D eigenvalue weighted by Crippen LogP contribution is -2.44. The third kappa shape index (κ3) is 3.61. The van der Waals surface area contributed by atoms with Crippen molar-refractivity contribution in [3.05, 3.63) is 54.1 Å². The number of carbonyl (C=O) groups excluding carboxylic acids is 3. The van der Waals surface area contributed by atoms with E-state index in [2.05, 4.69) is 26.1 Å². The number of para-hydroxylation sites is 1. The van der Waals surface area contributed by atoms with Crippen LogP contribution in [0.25, 0.3) is 11.6 Å². The van der Waals surface area contributed by atoms with Gasteiger partial charge in [0.1, 0.15) is 6.04 Å². The third-order valence-electron chi connectivity index (χ3n) is 4.09. The Hall–Kier alpha value is -3.95. The molecule has 0 aliphatic carbocycles. The molecule has 142 valence electrons. The van der Waals surface area contributed by atoms with Crippen LogP contribution in [0.3, 0.4) is 0 Å². The summed E-state index contributed by atoms with van der Waals surface area (Å²) in [7, 11) is 0. The van der Waals surface area contributed by atoms with Gasteiger partial charge in [0, 0.05) is 0 Å². The number of nitrogens with one attached hydrogen (secondary N) is 3. The van der Waals surface area contributed by atoms with Crippen LogP contribution in [0.5, 0.6) is 0 Å². The molecule has 4 rings (SSSR count). The van der Waals surface area contributed by atoms with Crippen molar-refractivity contribution in [1.82, 2.24) is 20.8 Å². The molecule has 10 heteroatoms. The van der Waals surface area contributed by atoms with E-state index in [-0.39, 0.29) is 24.7 Å². The Morgan fingerprint density at radius 2 is 2.04 bits per heavy atom. The van der Waals surface area contributed by atoms with E-state index in [0.29, 0.717) is 17.0 Å². The van der Waals surface area contributed by atoms with E-state index >= 15 is 0 Å². The smallest absolute Gasteiger partial charge is 0.254 e. The highest BCUT2D eigenvalue weighted by molar-refractivity contribution is 6.10. The number of benzene rings is 1. The fourth-order valence-electron chi connectivity index (χ4n) is 2.72. The molecular formula is C18H15N5O5. The molecule has 0 saturated heterocycles. The standard InChI is InChI=1S/C18H15N5O5/c24-14(19-9-15-22-16(23-28-15)13-6-3-7-27-13)8-12-18(26)20-11-5-2-1-4-10(11)17(25)21-12/h1-7,12H,8-9H2,(H,19,24)(H,20,26)(H,21,25)/t12-/m0/s1. The molecule has 10 nitrogen and oxygen atoms in total. The van der Waals surface area contributed by atoms with E-state index in [1.54, 1.807) is 36.4 Å². The lowest BCUT2D eigenvalue weighted by atomic mass is 10.1. The first-order valence-electron chi connectivity index (χ1n) is 8.44. The average Bonchev–Trinajstić information content (AvgIpc) is 3.35. The maximum atomic E-state index is 12.3. The van der Waals surface area contributed by atoms with E-state index in [0.717, 1.165) is 0 Å². The van der Waals surface area contributed by atoms with Crippen molar-refractivity contribution in [3.63, 3.8) is 0 Å². The number of hydrogen-bond acceptors (Lipinski definition) is 7. The summed E-state index contributed by atoms with van der Waals surface area (Å²) in [4.78, 5) is 40.9. The molecule has 1 aliphatic heterocycles. The van der Waals surface area contributed by atoms with Crippen LogP contribution in [0.4, 0.5) is 5.69 Å². The van der Waals surface area contributed by atoms with Gasteiger partial charge < -0.3 is 24.9 Å². The minimum Gasteiger partial charge on any atom is -0.461 e. The molecule has 1 aliphatic rings. The number of amides is 3. The topological polar surface area (TPSA) is 139 Å². The molecule has 0 bridgehead atoms. The van der Waals surface area contributed by atoms with E-state index < -0.39 is 23.8 Å². The predicted octanol–water partition coefficient (Wildman–Crippen LogP) is 1.09. The van der Waals surface area contributed by atoms with Gasteiger partial charge in [-0.25, -0.2) is 0 Å². The minimum absolute atomic E-state index is 0.0188. The first-order valence-corrected chi connectivity index (χ1v) is 8.44. The number of nitrogens with zero attached hydrogens (tertiary/aromatic N) is 2. The van der Waals surface area contributed by atoms with Crippen molar-refractivity contribution < 1.29 is 23.3 Å². The van der Waals surface area contributed by atoms with Crippen molar-refractivity contribution in [2.45, 2.75) is 19.0 Å². The molecule has 0 spiro atoms. The summed E-state index contributed by atoms with van der Waals surface area (Å²) in [5.41, 5.74) is 0.749. The summed E-state index contributed by atoms with van der Waals surface area (Å²) in [6.07, 6.45) is 1.25. The SMILES string of the molecule is O=C(C[C@@H]1NC(=O)c2ccccc2NC1=O)NCc1nc(-c2ccco2)no1. The number of anilines is 1. The fourth-order valence-corrected chi connectivity index (χ4v) is 2.72. The molecule has 3 heterocycles. The largest absolute Gasteiger partial charge is 0.461 e. The van der Waals surface area contributed by atoms with Crippen LogP contribution < -0.4 is 16.0 Å². The molecule has 1 aromatic carbocycles. The molecule has 3 aromatic rings. The number of aromatic nitrogens is 2. The Morgan fingerprint density at radius 1 is 1.18 bits per heavy atom. The Morgan fingerprint density at radius 3 is 2.86 bits per heavy atom. The second-order valence-electron chi connectivity index (χ2n) is 6.03. The van der Waals surface area contributed by atoms with Crippen LogP contribution in [0.15, 0.2) is 51.6 Å². The molecule has 3 amide bonds. The quantitative estimate of drug-likeness (QED) is 0.601. The van der Waals surface area contributed by atoms with Crippen molar-refractivity contribution in [3.8, 4) is 11.6 Å². The van der Waals surface area contributed by atoms with Gasteiger partial charge in [-0.15, -0.1) is 0 Å². The first-order chi connectivity index (χ1) is 13.6. The second kappa shape index (κ2) is 7.35. The molecule has 3 N–H and O–H groups in total. The van der Waals surface area contributed by atoms with Gasteiger partial charge in [-0.3, -0.25) is 14.4 Å². The van der Waals surface area contributed by atoms with Gasteiger partial charge in [0.25, 0.3) is 5.91 Å². The van der Waals surface area contributed by atoms with E-state index in [1.807, 2.05) is 0 Å². The van der Waals surface area contributed by atoms with Gasteiger partial charge >= 0.3 is 0 Å². The number of furan rings is 1. The monoisotopic (exact) mass is 381 g/mol. The summed E-state index contributed by atoms with van der Waals surface area (Å²) in [6, 6.07) is 9.00. The summed E-state index contributed by atoms with van der Waals surface area (Å²) in [5, 5.41) is 11.6. The maximum absolute atomic E-state index is 12.3. The highest BCUT2D eigenvalue weighted by Crippen LogP contribution is 2.19. The average molecular weight is 381 g/mol. The molecule has 2 aromatic heterocycles. The number of hydrogen-bond donors (Lipinski definition) is 3. The Balaban J connectivity index is 1.35. The van der Waals surface area contributed by atoms with Gasteiger partial charge in [0.2, 0.25) is 23.5 Å². The second-order valence-corrected chi connectivity index (χ2v) is 6.03. The zero-order valence-electron chi connectivity index (χ0n) is 14.5. The molecule has 0 radical (unpaired) electrons. The number of fused-ring (bicyclic) bond motifs is 1. The van der Waals surface area contributed by atoms with Crippen LogP contribution in [-0.2, 0) is 16.1 Å². The highest BCUT2D eigenvalue weighted by Gasteiger charge is 2.29. The molecule has 0 saturated carbocycles. The summed E-state index contributed by atoms with van der Waals surface area (Å²) in [5.74, 6) is -0.454. The van der Waals surface area contributed by atoms with Crippen molar-refractivity contribution in [1.29, 1.82) is 0 Å². The number of carbonyl (C=O) groups is 3. The third-order valence-corrected chi connectivity index (χ3v) is 4.09.